The minimum absolute atomic E-state index is 0.00932. The topological polar surface area (TPSA) is 96.7 Å². The number of rotatable bonds is 6. The molecule has 0 fully saturated rings. The fourth-order valence-electron chi connectivity index (χ4n) is 1.10. The van der Waals surface area contributed by atoms with Gasteiger partial charge in [0.25, 0.3) is 0 Å². The zero-order valence-electron chi connectivity index (χ0n) is 8.86. The first-order valence-corrected chi connectivity index (χ1v) is 5.06. The number of aromatic amines is 1. The molecule has 0 aliphatic rings. The van der Waals surface area contributed by atoms with Crippen LogP contribution in [0.15, 0.2) is 6.33 Å². The van der Waals surface area contributed by atoms with Crippen LogP contribution in [-0.2, 0) is 11.2 Å². The highest BCUT2D eigenvalue weighted by atomic mass is 16.1. The van der Waals surface area contributed by atoms with Crippen LogP contribution in [0.2, 0.25) is 0 Å². The second-order valence-electron chi connectivity index (χ2n) is 3.46. The smallest absolute Gasteiger partial charge is 0.224 e. The van der Waals surface area contributed by atoms with Gasteiger partial charge in [0, 0.05) is 25.4 Å². The maximum absolute atomic E-state index is 11.3. The Morgan fingerprint density at radius 3 is 3.13 bits per heavy atom. The lowest BCUT2D eigenvalue weighted by molar-refractivity contribution is -0.124. The van der Waals surface area contributed by atoms with Crippen LogP contribution in [0.3, 0.4) is 0 Å². The normalized spacial score (nSPS) is 12.4. The fourth-order valence-corrected chi connectivity index (χ4v) is 1.10. The van der Waals surface area contributed by atoms with Gasteiger partial charge in [-0.15, -0.1) is 0 Å². The van der Waals surface area contributed by atoms with Gasteiger partial charge in [0.15, 0.2) is 0 Å². The van der Waals surface area contributed by atoms with Crippen molar-refractivity contribution in [3.63, 3.8) is 0 Å². The molecule has 1 unspecified atom stereocenters. The molecule has 0 aliphatic heterocycles. The molecule has 1 atom stereocenters. The van der Waals surface area contributed by atoms with Crippen LogP contribution in [0.1, 0.15) is 19.2 Å². The van der Waals surface area contributed by atoms with Gasteiger partial charge < -0.3 is 11.1 Å². The van der Waals surface area contributed by atoms with Crippen molar-refractivity contribution in [3.8, 4) is 0 Å². The van der Waals surface area contributed by atoms with E-state index in [0.717, 1.165) is 18.7 Å². The molecule has 0 radical (unpaired) electrons. The Labute approximate surface area is 88.7 Å². The van der Waals surface area contributed by atoms with E-state index in [0.29, 0.717) is 13.1 Å². The van der Waals surface area contributed by atoms with E-state index in [4.69, 9.17) is 5.73 Å². The maximum Gasteiger partial charge on any atom is 0.224 e. The average molecular weight is 211 g/mol. The summed E-state index contributed by atoms with van der Waals surface area (Å²) in [5, 5.41) is 9.32. The molecule has 1 rings (SSSR count). The summed E-state index contributed by atoms with van der Waals surface area (Å²) in [6, 6.07) is 0. The van der Waals surface area contributed by atoms with Crippen LogP contribution >= 0.6 is 0 Å². The van der Waals surface area contributed by atoms with Gasteiger partial charge in [-0.2, -0.15) is 5.10 Å². The summed E-state index contributed by atoms with van der Waals surface area (Å²) in [5.41, 5.74) is 5.37. The van der Waals surface area contributed by atoms with Crippen LogP contribution < -0.4 is 11.1 Å². The van der Waals surface area contributed by atoms with Gasteiger partial charge in [0.1, 0.15) is 12.2 Å². The van der Waals surface area contributed by atoms with Gasteiger partial charge in [0.05, 0.1) is 0 Å². The van der Waals surface area contributed by atoms with Gasteiger partial charge in [-0.25, -0.2) is 4.98 Å². The lowest BCUT2D eigenvalue weighted by atomic mass is 10.1. The number of carbonyl (C=O) groups is 1. The number of hydrogen-bond donors (Lipinski definition) is 3. The van der Waals surface area contributed by atoms with E-state index in [-0.39, 0.29) is 11.8 Å². The van der Waals surface area contributed by atoms with Gasteiger partial charge in [-0.1, -0.05) is 6.92 Å². The van der Waals surface area contributed by atoms with Crippen LogP contribution in [-0.4, -0.2) is 34.2 Å². The van der Waals surface area contributed by atoms with Gasteiger partial charge in [-0.05, 0) is 6.42 Å². The standard InChI is InChI=1S/C9H17N5O/c1-7(5-10)9(15)11-4-2-3-8-12-6-13-14-8/h6-7H,2-5,10H2,1H3,(H,11,15)(H,12,13,14). The van der Waals surface area contributed by atoms with Crippen molar-refractivity contribution in [2.45, 2.75) is 19.8 Å². The molecule has 1 aromatic rings. The summed E-state index contributed by atoms with van der Waals surface area (Å²) in [5.74, 6) is 0.737. The van der Waals surface area contributed by atoms with Crippen molar-refractivity contribution >= 4 is 5.91 Å². The third-order valence-corrected chi connectivity index (χ3v) is 2.16. The molecule has 0 saturated heterocycles. The molecule has 0 spiro atoms. The molecule has 0 aromatic carbocycles. The number of nitrogens with one attached hydrogen (secondary N) is 2. The van der Waals surface area contributed by atoms with E-state index in [2.05, 4.69) is 20.5 Å². The second-order valence-corrected chi connectivity index (χ2v) is 3.46. The number of hydrogen-bond acceptors (Lipinski definition) is 4. The highest BCUT2D eigenvalue weighted by Crippen LogP contribution is 1.93. The Hall–Kier alpha value is -1.43. The zero-order valence-corrected chi connectivity index (χ0v) is 8.86. The third kappa shape index (κ3) is 4.07. The van der Waals surface area contributed by atoms with Crippen LogP contribution in [0.25, 0.3) is 0 Å². The highest BCUT2D eigenvalue weighted by Gasteiger charge is 2.09. The third-order valence-electron chi connectivity index (χ3n) is 2.16. The average Bonchev–Trinajstić information content (AvgIpc) is 2.75. The molecule has 1 amide bonds. The van der Waals surface area contributed by atoms with E-state index in [1.807, 2.05) is 6.92 Å². The Kier molecular flexibility index (Phi) is 4.76. The number of nitrogens with zero attached hydrogens (tertiary/aromatic N) is 2. The lowest BCUT2D eigenvalue weighted by Gasteiger charge is -2.08. The fraction of sp³-hybridized carbons (Fsp3) is 0.667. The van der Waals surface area contributed by atoms with Crippen LogP contribution in [0.5, 0.6) is 0 Å². The van der Waals surface area contributed by atoms with E-state index in [1.54, 1.807) is 0 Å². The Bertz CT molecular complexity index is 285. The van der Waals surface area contributed by atoms with E-state index in [9.17, 15) is 4.79 Å². The molecule has 84 valence electrons. The summed E-state index contributed by atoms with van der Waals surface area (Å²) < 4.78 is 0. The molecular weight excluding hydrogens is 194 g/mol. The summed E-state index contributed by atoms with van der Waals surface area (Å²) in [4.78, 5) is 15.3. The molecule has 0 bridgehead atoms. The molecule has 1 aromatic heterocycles. The molecule has 15 heavy (non-hydrogen) atoms. The summed E-state index contributed by atoms with van der Waals surface area (Å²) >= 11 is 0. The Morgan fingerprint density at radius 2 is 2.53 bits per heavy atom. The molecule has 6 heteroatoms. The quantitative estimate of drug-likeness (QED) is 0.550. The molecular formula is C9H17N5O. The number of nitrogens with two attached hydrogens (primary N) is 1. The van der Waals surface area contributed by atoms with Crippen molar-refractivity contribution in [3.05, 3.63) is 12.2 Å². The van der Waals surface area contributed by atoms with Crippen LogP contribution in [0.4, 0.5) is 0 Å². The molecule has 4 N–H and O–H groups in total. The van der Waals surface area contributed by atoms with Gasteiger partial charge in [-0.3, -0.25) is 9.89 Å². The summed E-state index contributed by atoms with van der Waals surface area (Å²) in [6.07, 6.45) is 3.11. The first-order valence-electron chi connectivity index (χ1n) is 5.06. The zero-order chi connectivity index (χ0) is 11.1. The number of H-pyrrole nitrogens is 1. The van der Waals surface area contributed by atoms with Gasteiger partial charge >= 0.3 is 0 Å². The number of amides is 1. The van der Waals surface area contributed by atoms with Crippen molar-refractivity contribution in [2.24, 2.45) is 11.7 Å². The van der Waals surface area contributed by atoms with E-state index < -0.39 is 0 Å². The molecule has 1 heterocycles. The number of aryl methyl sites for hydroxylation is 1. The predicted octanol–water partition coefficient (Wildman–Crippen LogP) is -0.552. The predicted molar refractivity (Wildman–Crippen MR) is 55.9 cm³/mol. The SMILES string of the molecule is CC(CN)C(=O)NCCCc1ncn[nH]1. The first kappa shape index (κ1) is 11.6. The van der Waals surface area contributed by atoms with Gasteiger partial charge in [0.2, 0.25) is 5.91 Å². The van der Waals surface area contributed by atoms with Crippen molar-refractivity contribution in [1.82, 2.24) is 20.5 Å². The second kappa shape index (κ2) is 6.13. The van der Waals surface area contributed by atoms with E-state index >= 15 is 0 Å². The first-order chi connectivity index (χ1) is 7.24. The van der Waals surface area contributed by atoms with Crippen LogP contribution in [0, 0.1) is 5.92 Å². The maximum atomic E-state index is 11.3. The van der Waals surface area contributed by atoms with Crippen molar-refractivity contribution in [2.75, 3.05) is 13.1 Å². The minimum atomic E-state index is -0.115. The molecule has 0 saturated carbocycles. The largest absolute Gasteiger partial charge is 0.356 e. The monoisotopic (exact) mass is 211 g/mol. The van der Waals surface area contributed by atoms with Crippen molar-refractivity contribution < 1.29 is 4.79 Å². The van der Waals surface area contributed by atoms with Crippen molar-refractivity contribution in [1.29, 1.82) is 0 Å². The highest BCUT2D eigenvalue weighted by molar-refractivity contribution is 5.78. The summed E-state index contributed by atoms with van der Waals surface area (Å²) in [6.45, 7) is 2.84. The minimum Gasteiger partial charge on any atom is -0.356 e. The Balaban J connectivity index is 2.09. The van der Waals surface area contributed by atoms with E-state index in [1.165, 1.54) is 6.33 Å². The Morgan fingerprint density at radius 1 is 1.73 bits per heavy atom. The molecule has 0 aliphatic carbocycles. The summed E-state index contributed by atoms with van der Waals surface area (Å²) in [7, 11) is 0. The molecule has 6 nitrogen and oxygen atoms in total. The number of carbonyl (C=O) groups excluding carboxylic acids is 1. The lowest BCUT2D eigenvalue weighted by Crippen LogP contribution is -2.33. The number of aromatic nitrogens is 3.